The molecule has 0 aliphatic carbocycles. The molecule has 62 valence electrons. The summed E-state index contributed by atoms with van der Waals surface area (Å²) in [5.41, 5.74) is 8.17. The molecule has 0 spiro atoms. The van der Waals surface area contributed by atoms with Gasteiger partial charge in [-0.1, -0.05) is 6.92 Å². The molecule has 1 unspecified atom stereocenters. The van der Waals surface area contributed by atoms with Gasteiger partial charge in [-0.2, -0.15) is 5.10 Å². The third-order valence-corrected chi connectivity index (χ3v) is 1.88. The summed E-state index contributed by atoms with van der Waals surface area (Å²) < 4.78 is 1.85. The SMILES string of the molecule is CCc1cnn(C)c1C(C)N. The summed E-state index contributed by atoms with van der Waals surface area (Å²) in [6.45, 7) is 4.10. The van der Waals surface area contributed by atoms with Crippen LogP contribution in [0.15, 0.2) is 6.20 Å². The van der Waals surface area contributed by atoms with E-state index < -0.39 is 0 Å². The smallest absolute Gasteiger partial charge is 0.0577 e. The number of hydrogen-bond acceptors (Lipinski definition) is 2. The Morgan fingerprint density at radius 3 is 2.73 bits per heavy atom. The Balaban J connectivity index is 3.07. The van der Waals surface area contributed by atoms with Crippen LogP contribution >= 0.6 is 0 Å². The van der Waals surface area contributed by atoms with Gasteiger partial charge in [0.1, 0.15) is 0 Å². The standard InChI is InChI=1S/C8H15N3/c1-4-7-5-10-11(3)8(7)6(2)9/h5-6H,4,9H2,1-3H3. The summed E-state index contributed by atoms with van der Waals surface area (Å²) in [4.78, 5) is 0. The van der Waals surface area contributed by atoms with Crippen LogP contribution in [0.1, 0.15) is 31.1 Å². The summed E-state index contributed by atoms with van der Waals surface area (Å²) in [5.74, 6) is 0. The molecule has 0 radical (unpaired) electrons. The van der Waals surface area contributed by atoms with Crippen molar-refractivity contribution >= 4 is 0 Å². The van der Waals surface area contributed by atoms with E-state index in [-0.39, 0.29) is 6.04 Å². The molecule has 1 aromatic heterocycles. The summed E-state index contributed by atoms with van der Waals surface area (Å²) in [5, 5.41) is 4.15. The lowest BCUT2D eigenvalue weighted by Crippen LogP contribution is -2.12. The van der Waals surface area contributed by atoms with Crippen molar-refractivity contribution in [3.63, 3.8) is 0 Å². The third-order valence-electron chi connectivity index (χ3n) is 1.88. The molecule has 3 heteroatoms. The van der Waals surface area contributed by atoms with Crippen molar-refractivity contribution in [1.82, 2.24) is 9.78 Å². The quantitative estimate of drug-likeness (QED) is 0.689. The highest BCUT2D eigenvalue weighted by molar-refractivity contribution is 5.20. The number of nitrogens with two attached hydrogens (primary N) is 1. The first-order valence-corrected chi connectivity index (χ1v) is 3.93. The Labute approximate surface area is 67.2 Å². The van der Waals surface area contributed by atoms with Gasteiger partial charge in [-0.05, 0) is 18.9 Å². The van der Waals surface area contributed by atoms with Crippen molar-refractivity contribution in [2.75, 3.05) is 0 Å². The number of aryl methyl sites for hydroxylation is 2. The monoisotopic (exact) mass is 153 g/mol. The number of rotatable bonds is 2. The van der Waals surface area contributed by atoms with Gasteiger partial charge in [-0.25, -0.2) is 0 Å². The van der Waals surface area contributed by atoms with Gasteiger partial charge in [0.2, 0.25) is 0 Å². The number of nitrogens with zero attached hydrogens (tertiary/aromatic N) is 2. The van der Waals surface area contributed by atoms with Crippen molar-refractivity contribution < 1.29 is 0 Å². The lowest BCUT2D eigenvalue weighted by molar-refractivity contribution is 0.649. The molecule has 0 amide bonds. The van der Waals surface area contributed by atoms with E-state index in [9.17, 15) is 0 Å². The topological polar surface area (TPSA) is 43.8 Å². The fraction of sp³-hybridized carbons (Fsp3) is 0.625. The predicted molar refractivity (Wildman–Crippen MR) is 45.2 cm³/mol. The molecule has 0 aromatic carbocycles. The molecule has 1 rings (SSSR count). The largest absolute Gasteiger partial charge is 0.323 e. The summed E-state index contributed by atoms with van der Waals surface area (Å²) in [6.07, 6.45) is 2.89. The highest BCUT2D eigenvalue weighted by Crippen LogP contribution is 2.14. The van der Waals surface area contributed by atoms with Crippen LogP contribution < -0.4 is 5.73 Å². The third kappa shape index (κ3) is 1.43. The highest BCUT2D eigenvalue weighted by Gasteiger charge is 2.09. The van der Waals surface area contributed by atoms with Crippen LogP contribution in [0.5, 0.6) is 0 Å². The lowest BCUT2D eigenvalue weighted by Gasteiger charge is -2.07. The zero-order chi connectivity index (χ0) is 8.43. The van der Waals surface area contributed by atoms with Crippen molar-refractivity contribution in [2.24, 2.45) is 12.8 Å². The van der Waals surface area contributed by atoms with Gasteiger partial charge in [-0.15, -0.1) is 0 Å². The van der Waals surface area contributed by atoms with Crippen LogP contribution in [0.4, 0.5) is 0 Å². The van der Waals surface area contributed by atoms with Crippen LogP contribution in [-0.4, -0.2) is 9.78 Å². The molecule has 3 nitrogen and oxygen atoms in total. The average molecular weight is 153 g/mol. The number of hydrogen-bond donors (Lipinski definition) is 1. The van der Waals surface area contributed by atoms with Gasteiger partial charge < -0.3 is 5.73 Å². The zero-order valence-corrected chi connectivity index (χ0v) is 7.33. The Hall–Kier alpha value is -0.830. The minimum atomic E-state index is 0.0810. The maximum absolute atomic E-state index is 5.77. The van der Waals surface area contributed by atoms with Crippen LogP contribution in [0.3, 0.4) is 0 Å². The summed E-state index contributed by atoms with van der Waals surface area (Å²) in [7, 11) is 1.93. The highest BCUT2D eigenvalue weighted by atomic mass is 15.3. The van der Waals surface area contributed by atoms with Crippen LogP contribution in [0, 0.1) is 0 Å². The number of aromatic nitrogens is 2. The first kappa shape index (κ1) is 8.27. The van der Waals surface area contributed by atoms with Crippen molar-refractivity contribution in [3.8, 4) is 0 Å². The van der Waals surface area contributed by atoms with Gasteiger partial charge >= 0.3 is 0 Å². The van der Waals surface area contributed by atoms with E-state index in [1.165, 1.54) is 5.56 Å². The Bertz CT molecular complexity index is 237. The minimum absolute atomic E-state index is 0.0810. The second-order valence-electron chi connectivity index (χ2n) is 2.82. The fourth-order valence-electron chi connectivity index (χ4n) is 1.35. The van der Waals surface area contributed by atoms with Crippen molar-refractivity contribution in [2.45, 2.75) is 26.3 Å². The Morgan fingerprint density at radius 1 is 1.73 bits per heavy atom. The molecule has 0 saturated carbocycles. The molecule has 1 atom stereocenters. The normalized spacial score (nSPS) is 13.5. The van der Waals surface area contributed by atoms with Gasteiger partial charge in [-0.3, -0.25) is 4.68 Å². The Morgan fingerprint density at radius 2 is 2.36 bits per heavy atom. The molecule has 0 aliphatic heterocycles. The van der Waals surface area contributed by atoms with E-state index in [0.29, 0.717) is 0 Å². The molecule has 0 fully saturated rings. The van der Waals surface area contributed by atoms with Crippen LogP contribution in [0.2, 0.25) is 0 Å². The maximum Gasteiger partial charge on any atom is 0.0577 e. The molecule has 0 bridgehead atoms. The lowest BCUT2D eigenvalue weighted by atomic mass is 10.1. The second-order valence-corrected chi connectivity index (χ2v) is 2.82. The van der Waals surface area contributed by atoms with Crippen LogP contribution in [-0.2, 0) is 13.5 Å². The van der Waals surface area contributed by atoms with E-state index in [1.807, 2.05) is 24.9 Å². The van der Waals surface area contributed by atoms with Crippen molar-refractivity contribution in [1.29, 1.82) is 0 Å². The molecular weight excluding hydrogens is 138 g/mol. The molecule has 0 saturated heterocycles. The fourth-order valence-corrected chi connectivity index (χ4v) is 1.35. The van der Waals surface area contributed by atoms with Crippen LogP contribution in [0.25, 0.3) is 0 Å². The second kappa shape index (κ2) is 3.05. The zero-order valence-electron chi connectivity index (χ0n) is 7.33. The van der Waals surface area contributed by atoms with Gasteiger partial charge in [0, 0.05) is 13.1 Å². The van der Waals surface area contributed by atoms with Gasteiger partial charge in [0.25, 0.3) is 0 Å². The molecule has 0 aliphatic rings. The minimum Gasteiger partial charge on any atom is -0.323 e. The van der Waals surface area contributed by atoms with Gasteiger partial charge in [0.05, 0.1) is 11.9 Å². The average Bonchev–Trinajstić information content (AvgIpc) is 2.30. The van der Waals surface area contributed by atoms with E-state index in [1.54, 1.807) is 0 Å². The van der Waals surface area contributed by atoms with Crippen molar-refractivity contribution in [3.05, 3.63) is 17.5 Å². The first-order valence-electron chi connectivity index (χ1n) is 3.93. The molecule has 11 heavy (non-hydrogen) atoms. The summed E-state index contributed by atoms with van der Waals surface area (Å²) in [6, 6.07) is 0.0810. The predicted octanol–water partition coefficient (Wildman–Crippen LogP) is 1.00. The maximum atomic E-state index is 5.77. The Kier molecular flexibility index (Phi) is 2.29. The van der Waals surface area contributed by atoms with E-state index >= 15 is 0 Å². The van der Waals surface area contributed by atoms with E-state index in [0.717, 1.165) is 12.1 Å². The molecule has 1 heterocycles. The van der Waals surface area contributed by atoms with E-state index in [2.05, 4.69) is 12.0 Å². The first-order chi connectivity index (χ1) is 5.16. The molecule has 1 aromatic rings. The molecular formula is C8H15N3. The van der Waals surface area contributed by atoms with E-state index in [4.69, 9.17) is 5.73 Å². The van der Waals surface area contributed by atoms with Gasteiger partial charge in [0.15, 0.2) is 0 Å². The molecule has 2 N–H and O–H groups in total. The summed E-state index contributed by atoms with van der Waals surface area (Å²) >= 11 is 0.